The van der Waals surface area contributed by atoms with E-state index in [1.54, 1.807) is 18.3 Å². The Balaban J connectivity index is 1.49. The number of phenols is 1. The van der Waals surface area contributed by atoms with Gasteiger partial charge in [-0.2, -0.15) is 0 Å². The number of likely N-dealkylation sites (tertiary alicyclic amines) is 1. The van der Waals surface area contributed by atoms with E-state index in [1.807, 2.05) is 35.2 Å². The van der Waals surface area contributed by atoms with Gasteiger partial charge in [-0.3, -0.25) is 4.98 Å². The summed E-state index contributed by atoms with van der Waals surface area (Å²) < 4.78 is 0. The van der Waals surface area contributed by atoms with Gasteiger partial charge in [-0.05, 0) is 61.9 Å². The number of amides is 2. The first-order valence-electron chi connectivity index (χ1n) is 9.44. The van der Waals surface area contributed by atoms with E-state index in [9.17, 15) is 9.90 Å². The van der Waals surface area contributed by atoms with Gasteiger partial charge >= 0.3 is 6.03 Å². The highest BCUT2D eigenvalue weighted by Crippen LogP contribution is 2.22. The molecule has 2 amide bonds. The molecule has 2 N–H and O–H groups in total. The van der Waals surface area contributed by atoms with Crippen LogP contribution in [0.15, 0.2) is 48.7 Å². The van der Waals surface area contributed by atoms with Crippen molar-refractivity contribution in [2.24, 2.45) is 0 Å². The zero-order chi connectivity index (χ0) is 18.2. The van der Waals surface area contributed by atoms with Gasteiger partial charge in [0, 0.05) is 37.4 Å². The topological polar surface area (TPSA) is 65.5 Å². The molecular formula is C21H27N3O2. The molecule has 2 aromatic rings. The summed E-state index contributed by atoms with van der Waals surface area (Å²) in [4.78, 5) is 18.9. The number of aryl methyl sites for hydroxylation is 1. The summed E-state index contributed by atoms with van der Waals surface area (Å²) >= 11 is 0. The first-order chi connectivity index (χ1) is 12.7. The molecule has 26 heavy (non-hydrogen) atoms. The Labute approximate surface area is 155 Å². The maximum atomic E-state index is 12.6. The van der Waals surface area contributed by atoms with Gasteiger partial charge in [-0.1, -0.05) is 18.2 Å². The predicted molar refractivity (Wildman–Crippen MR) is 102 cm³/mol. The number of benzene rings is 1. The zero-order valence-corrected chi connectivity index (χ0v) is 15.1. The van der Waals surface area contributed by atoms with Crippen LogP contribution in [0.2, 0.25) is 0 Å². The molecule has 0 aliphatic carbocycles. The van der Waals surface area contributed by atoms with Crippen LogP contribution in [0.3, 0.4) is 0 Å². The summed E-state index contributed by atoms with van der Waals surface area (Å²) in [6, 6.07) is 13.5. The van der Waals surface area contributed by atoms with Gasteiger partial charge in [0.2, 0.25) is 0 Å². The number of aromatic hydroxyl groups is 1. The molecule has 3 rings (SSSR count). The summed E-state index contributed by atoms with van der Waals surface area (Å²) in [7, 11) is 0. The third-order valence-electron chi connectivity index (χ3n) is 4.97. The first kappa shape index (κ1) is 18.2. The summed E-state index contributed by atoms with van der Waals surface area (Å²) in [5, 5.41) is 12.4. The number of urea groups is 1. The van der Waals surface area contributed by atoms with Crippen molar-refractivity contribution in [2.45, 2.75) is 44.6 Å². The van der Waals surface area contributed by atoms with E-state index in [0.29, 0.717) is 12.3 Å². The molecule has 1 atom stereocenters. The fourth-order valence-corrected chi connectivity index (χ4v) is 3.51. The Morgan fingerprint density at radius 3 is 2.77 bits per heavy atom. The van der Waals surface area contributed by atoms with Crippen LogP contribution in [0.25, 0.3) is 0 Å². The Hall–Kier alpha value is -2.56. The SMILES string of the molecule is O=C(NCCc1ccccn1)N1CCCCC1CCc1ccc(O)cc1. The van der Waals surface area contributed by atoms with E-state index in [2.05, 4.69) is 10.3 Å². The summed E-state index contributed by atoms with van der Waals surface area (Å²) in [5.41, 5.74) is 2.19. The smallest absolute Gasteiger partial charge is 0.317 e. The molecule has 1 saturated heterocycles. The minimum Gasteiger partial charge on any atom is -0.508 e. The lowest BCUT2D eigenvalue weighted by Gasteiger charge is -2.36. The minimum absolute atomic E-state index is 0.0383. The number of hydrogen-bond acceptors (Lipinski definition) is 3. The van der Waals surface area contributed by atoms with E-state index in [0.717, 1.165) is 44.3 Å². The Morgan fingerprint density at radius 2 is 2.00 bits per heavy atom. The third-order valence-corrected chi connectivity index (χ3v) is 4.97. The van der Waals surface area contributed by atoms with Gasteiger partial charge in [0.1, 0.15) is 5.75 Å². The number of aromatic nitrogens is 1. The van der Waals surface area contributed by atoms with Crippen LogP contribution in [0.5, 0.6) is 5.75 Å². The van der Waals surface area contributed by atoms with Crippen molar-refractivity contribution in [1.82, 2.24) is 15.2 Å². The standard InChI is InChI=1S/C21H27N3O2/c25-20-11-8-17(9-12-20)7-10-19-6-2-4-16-24(19)21(26)23-15-13-18-5-1-3-14-22-18/h1,3,5,8-9,11-12,14,19,25H,2,4,6-7,10,13,15-16H2,(H,23,26). The molecule has 1 aromatic heterocycles. The fourth-order valence-electron chi connectivity index (χ4n) is 3.51. The van der Waals surface area contributed by atoms with Gasteiger partial charge in [0.05, 0.1) is 0 Å². The van der Waals surface area contributed by atoms with Crippen LogP contribution in [0.1, 0.15) is 36.9 Å². The number of rotatable bonds is 6. The van der Waals surface area contributed by atoms with E-state index in [-0.39, 0.29) is 12.1 Å². The molecule has 0 bridgehead atoms. The van der Waals surface area contributed by atoms with Gasteiger partial charge in [-0.25, -0.2) is 4.79 Å². The van der Waals surface area contributed by atoms with Crippen LogP contribution in [0, 0.1) is 0 Å². The van der Waals surface area contributed by atoms with Crippen molar-refractivity contribution >= 4 is 6.03 Å². The first-order valence-corrected chi connectivity index (χ1v) is 9.44. The zero-order valence-electron chi connectivity index (χ0n) is 15.1. The lowest BCUT2D eigenvalue weighted by Crippen LogP contribution is -2.49. The van der Waals surface area contributed by atoms with Crippen molar-refractivity contribution in [2.75, 3.05) is 13.1 Å². The van der Waals surface area contributed by atoms with Crippen LogP contribution in [0.4, 0.5) is 4.79 Å². The number of hydrogen-bond donors (Lipinski definition) is 2. The van der Waals surface area contributed by atoms with Gasteiger partial charge in [0.25, 0.3) is 0 Å². The monoisotopic (exact) mass is 353 g/mol. The molecular weight excluding hydrogens is 326 g/mol. The second-order valence-electron chi connectivity index (χ2n) is 6.85. The van der Waals surface area contributed by atoms with E-state index in [4.69, 9.17) is 0 Å². The van der Waals surface area contributed by atoms with Crippen molar-refractivity contribution in [3.05, 3.63) is 59.9 Å². The van der Waals surface area contributed by atoms with Crippen molar-refractivity contribution < 1.29 is 9.90 Å². The van der Waals surface area contributed by atoms with Gasteiger partial charge in [-0.15, -0.1) is 0 Å². The molecule has 138 valence electrons. The number of pyridine rings is 1. The number of carbonyl (C=O) groups is 1. The lowest BCUT2D eigenvalue weighted by atomic mass is 9.96. The molecule has 5 heteroatoms. The van der Waals surface area contributed by atoms with E-state index in [1.165, 1.54) is 12.0 Å². The van der Waals surface area contributed by atoms with Crippen molar-refractivity contribution in [3.8, 4) is 5.75 Å². The molecule has 1 aromatic carbocycles. The Kier molecular flexibility index (Phi) is 6.47. The predicted octanol–water partition coefficient (Wildman–Crippen LogP) is 3.53. The highest BCUT2D eigenvalue weighted by atomic mass is 16.3. The number of carbonyl (C=O) groups excluding carboxylic acids is 1. The Morgan fingerprint density at radius 1 is 1.15 bits per heavy atom. The number of nitrogens with zero attached hydrogens (tertiary/aromatic N) is 2. The lowest BCUT2D eigenvalue weighted by molar-refractivity contribution is 0.147. The average molecular weight is 353 g/mol. The van der Waals surface area contributed by atoms with Crippen LogP contribution in [-0.4, -0.2) is 40.2 Å². The van der Waals surface area contributed by atoms with Gasteiger partial charge < -0.3 is 15.3 Å². The van der Waals surface area contributed by atoms with Crippen LogP contribution in [-0.2, 0) is 12.8 Å². The second kappa shape index (κ2) is 9.22. The number of nitrogens with one attached hydrogen (secondary N) is 1. The molecule has 5 nitrogen and oxygen atoms in total. The molecule has 1 fully saturated rings. The van der Waals surface area contributed by atoms with Crippen molar-refractivity contribution in [1.29, 1.82) is 0 Å². The molecule has 0 spiro atoms. The molecule has 0 radical (unpaired) electrons. The van der Waals surface area contributed by atoms with Crippen LogP contribution < -0.4 is 5.32 Å². The minimum atomic E-state index is 0.0383. The molecule has 1 aliphatic rings. The molecule has 1 aliphatic heterocycles. The average Bonchev–Trinajstić information content (AvgIpc) is 2.68. The third kappa shape index (κ3) is 5.22. The van der Waals surface area contributed by atoms with E-state index < -0.39 is 0 Å². The molecule has 2 heterocycles. The number of phenolic OH excluding ortho intramolecular Hbond substituents is 1. The largest absolute Gasteiger partial charge is 0.508 e. The quantitative estimate of drug-likeness (QED) is 0.835. The normalized spacial score (nSPS) is 17.1. The highest BCUT2D eigenvalue weighted by Gasteiger charge is 2.26. The van der Waals surface area contributed by atoms with Crippen molar-refractivity contribution in [3.63, 3.8) is 0 Å². The van der Waals surface area contributed by atoms with E-state index >= 15 is 0 Å². The summed E-state index contributed by atoms with van der Waals surface area (Å²) in [6.45, 7) is 1.44. The highest BCUT2D eigenvalue weighted by molar-refractivity contribution is 5.74. The number of piperidine rings is 1. The van der Waals surface area contributed by atoms with Gasteiger partial charge in [0.15, 0.2) is 0 Å². The maximum absolute atomic E-state index is 12.6. The fraction of sp³-hybridized carbons (Fsp3) is 0.429. The Bertz CT molecular complexity index is 688. The van der Waals surface area contributed by atoms with Crippen LogP contribution >= 0.6 is 0 Å². The summed E-state index contributed by atoms with van der Waals surface area (Å²) in [6.07, 6.45) is 7.72. The molecule has 1 unspecified atom stereocenters. The second-order valence-corrected chi connectivity index (χ2v) is 6.85. The maximum Gasteiger partial charge on any atom is 0.317 e. The molecule has 0 saturated carbocycles. The summed E-state index contributed by atoms with van der Waals surface area (Å²) in [5.74, 6) is 0.292.